The van der Waals surface area contributed by atoms with Crippen LogP contribution in [0.2, 0.25) is 0 Å². The summed E-state index contributed by atoms with van der Waals surface area (Å²) in [5, 5.41) is 2.93. The zero-order chi connectivity index (χ0) is 15.0. The number of rotatable bonds is 3. The summed E-state index contributed by atoms with van der Waals surface area (Å²) in [5.41, 5.74) is 0.781. The predicted molar refractivity (Wildman–Crippen MR) is 87.6 cm³/mol. The number of fused-ring (bicyclic) bond motifs is 1. The lowest BCUT2D eigenvalue weighted by Crippen LogP contribution is -2.48. The Labute approximate surface area is 133 Å². The van der Waals surface area contributed by atoms with Crippen molar-refractivity contribution in [2.45, 2.75) is 35.6 Å². The van der Waals surface area contributed by atoms with Crippen molar-refractivity contribution >= 4 is 41.0 Å². The van der Waals surface area contributed by atoms with Crippen LogP contribution in [0, 0.1) is 0 Å². The van der Waals surface area contributed by atoms with Gasteiger partial charge in [-0.3, -0.25) is 9.59 Å². The van der Waals surface area contributed by atoms with E-state index in [0.717, 1.165) is 17.0 Å². The molecular weight excluding hydrogens is 304 g/mol. The third-order valence-corrected chi connectivity index (χ3v) is 6.35. The number of carbonyl (C=O) groups excluding carboxylic acids is 2. The highest BCUT2D eigenvalue weighted by Gasteiger charge is 2.52. The minimum absolute atomic E-state index is 0.0848. The monoisotopic (exact) mass is 322 g/mol. The van der Waals surface area contributed by atoms with Crippen molar-refractivity contribution < 1.29 is 9.59 Å². The van der Waals surface area contributed by atoms with Crippen LogP contribution in [0.25, 0.3) is 0 Å². The second kappa shape index (κ2) is 5.57. The Morgan fingerprint density at radius 2 is 2.14 bits per heavy atom. The lowest BCUT2D eigenvalue weighted by molar-refractivity contribution is -0.135. The third-order valence-electron chi connectivity index (χ3n) is 4.11. The molecule has 0 aliphatic carbocycles. The van der Waals surface area contributed by atoms with E-state index < -0.39 is 0 Å². The second-order valence-electron chi connectivity index (χ2n) is 5.48. The highest BCUT2D eigenvalue weighted by molar-refractivity contribution is 8.01. The van der Waals surface area contributed by atoms with Crippen LogP contribution < -0.4 is 5.32 Å². The molecule has 2 atom stereocenters. The first-order valence-corrected chi connectivity index (χ1v) is 9.15. The lowest BCUT2D eigenvalue weighted by Gasteiger charge is -2.29. The Balaban J connectivity index is 1.72. The fourth-order valence-corrected chi connectivity index (χ4v) is 4.75. The molecule has 1 aromatic carbocycles. The molecule has 2 saturated heterocycles. The summed E-state index contributed by atoms with van der Waals surface area (Å²) in [6.07, 6.45) is 3.40. The molecule has 6 heteroatoms. The maximum atomic E-state index is 12.5. The molecule has 4 nitrogen and oxygen atoms in total. The molecule has 0 bridgehead atoms. The van der Waals surface area contributed by atoms with E-state index in [9.17, 15) is 9.59 Å². The summed E-state index contributed by atoms with van der Waals surface area (Å²) < 4.78 is 0. The molecule has 0 spiro atoms. The van der Waals surface area contributed by atoms with E-state index in [4.69, 9.17) is 0 Å². The van der Waals surface area contributed by atoms with Gasteiger partial charge < -0.3 is 10.2 Å². The maximum absolute atomic E-state index is 12.5. The number of nitrogens with zero attached hydrogens (tertiary/aromatic N) is 1. The van der Waals surface area contributed by atoms with Gasteiger partial charge in [0.05, 0.1) is 4.87 Å². The quantitative estimate of drug-likeness (QED) is 0.870. The Hall–Kier alpha value is -1.14. The highest BCUT2D eigenvalue weighted by atomic mass is 32.2. The van der Waals surface area contributed by atoms with E-state index in [-0.39, 0.29) is 22.7 Å². The second-order valence-corrected chi connectivity index (χ2v) is 7.86. The molecule has 0 aromatic heterocycles. The van der Waals surface area contributed by atoms with Gasteiger partial charge in [-0.05, 0) is 43.9 Å². The summed E-state index contributed by atoms with van der Waals surface area (Å²) in [4.78, 5) is 27.3. The SMILES string of the molecule is CSc1ccc(NC(=O)C2CSC3(C)CCC(=O)N23)cc1. The van der Waals surface area contributed by atoms with Gasteiger partial charge in [0.15, 0.2) is 0 Å². The van der Waals surface area contributed by atoms with Crippen LogP contribution in [-0.2, 0) is 9.59 Å². The number of carbonyl (C=O) groups is 2. The molecule has 2 fully saturated rings. The van der Waals surface area contributed by atoms with Gasteiger partial charge in [-0.15, -0.1) is 23.5 Å². The van der Waals surface area contributed by atoms with Gasteiger partial charge in [0.25, 0.3) is 0 Å². The van der Waals surface area contributed by atoms with Crippen molar-refractivity contribution in [1.82, 2.24) is 4.90 Å². The summed E-state index contributed by atoms with van der Waals surface area (Å²) in [6.45, 7) is 2.06. The Kier molecular flexibility index (Phi) is 3.92. The number of hydrogen-bond donors (Lipinski definition) is 1. The summed E-state index contributed by atoms with van der Waals surface area (Å²) in [6, 6.07) is 7.41. The third kappa shape index (κ3) is 2.66. The standard InChI is InChI=1S/C15H18N2O2S2/c1-15-8-7-13(18)17(15)12(9-21-15)14(19)16-10-3-5-11(20-2)6-4-10/h3-6,12H,7-9H2,1-2H3,(H,16,19). The van der Waals surface area contributed by atoms with Crippen LogP contribution >= 0.6 is 23.5 Å². The smallest absolute Gasteiger partial charge is 0.248 e. The lowest BCUT2D eigenvalue weighted by atomic mass is 10.2. The number of benzene rings is 1. The molecule has 1 aromatic rings. The average Bonchev–Trinajstić information content (AvgIpc) is 2.97. The summed E-state index contributed by atoms with van der Waals surface area (Å²) >= 11 is 3.38. The van der Waals surface area contributed by atoms with Gasteiger partial charge in [-0.25, -0.2) is 0 Å². The molecule has 21 heavy (non-hydrogen) atoms. The summed E-state index contributed by atoms with van der Waals surface area (Å²) in [5.74, 6) is 0.690. The van der Waals surface area contributed by atoms with Gasteiger partial charge in [0.2, 0.25) is 11.8 Å². The van der Waals surface area contributed by atoms with Gasteiger partial charge in [0.1, 0.15) is 6.04 Å². The van der Waals surface area contributed by atoms with Crippen molar-refractivity contribution in [3.05, 3.63) is 24.3 Å². The van der Waals surface area contributed by atoms with E-state index in [1.165, 1.54) is 0 Å². The number of thioether (sulfide) groups is 2. The minimum Gasteiger partial charge on any atom is -0.324 e. The highest BCUT2D eigenvalue weighted by Crippen LogP contribution is 2.47. The molecule has 1 N–H and O–H groups in total. The predicted octanol–water partition coefficient (Wildman–Crippen LogP) is 2.80. The average molecular weight is 322 g/mol. The molecule has 2 amide bonds. The molecule has 3 rings (SSSR count). The molecule has 112 valence electrons. The first kappa shape index (κ1) is 14.8. The Morgan fingerprint density at radius 1 is 1.43 bits per heavy atom. The van der Waals surface area contributed by atoms with Crippen molar-refractivity contribution in [2.75, 3.05) is 17.3 Å². The normalized spacial score (nSPS) is 27.8. The molecule has 0 saturated carbocycles. The largest absolute Gasteiger partial charge is 0.324 e. The zero-order valence-corrected chi connectivity index (χ0v) is 13.7. The van der Waals surface area contributed by atoms with E-state index in [0.29, 0.717) is 12.2 Å². The van der Waals surface area contributed by atoms with Crippen LogP contribution in [0.5, 0.6) is 0 Å². The summed E-state index contributed by atoms with van der Waals surface area (Å²) in [7, 11) is 0. The van der Waals surface area contributed by atoms with E-state index in [1.807, 2.05) is 30.5 Å². The van der Waals surface area contributed by atoms with Crippen LogP contribution in [0.4, 0.5) is 5.69 Å². The molecule has 2 heterocycles. The van der Waals surface area contributed by atoms with Crippen molar-refractivity contribution in [2.24, 2.45) is 0 Å². The molecule has 2 aliphatic rings. The molecule has 2 unspecified atom stereocenters. The van der Waals surface area contributed by atoms with Gasteiger partial charge in [-0.2, -0.15) is 0 Å². The van der Waals surface area contributed by atoms with Crippen molar-refractivity contribution in [3.8, 4) is 0 Å². The fourth-order valence-electron chi connectivity index (χ4n) is 2.91. The van der Waals surface area contributed by atoms with Crippen LogP contribution in [0.15, 0.2) is 29.2 Å². The fraction of sp³-hybridized carbons (Fsp3) is 0.467. The van der Waals surface area contributed by atoms with E-state index >= 15 is 0 Å². The molecule has 2 aliphatic heterocycles. The van der Waals surface area contributed by atoms with Gasteiger partial charge >= 0.3 is 0 Å². The van der Waals surface area contributed by atoms with Gasteiger partial charge in [0, 0.05) is 22.8 Å². The van der Waals surface area contributed by atoms with E-state index in [1.54, 1.807) is 28.4 Å². The number of anilines is 1. The Morgan fingerprint density at radius 3 is 2.81 bits per heavy atom. The number of amides is 2. The minimum atomic E-state index is -0.352. The number of hydrogen-bond acceptors (Lipinski definition) is 4. The van der Waals surface area contributed by atoms with Crippen LogP contribution in [-0.4, -0.2) is 39.6 Å². The first-order chi connectivity index (χ1) is 10.0. The van der Waals surface area contributed by atoms with Gasteiger partial charge in [-0.1, -0.05) is 0 Å². The van der Waals surface area contributed by atoms with Crippen LogP contribution in [0.1, 0.15) is 19.8 Å². The number of nitrogens with one attached hydrogen (secondary N) is 1. The maximum Gasteiger partial charge on any atom is 0.248 e. The molecular formula is C15H18N2O2S2. The zero-order valence-electron chi connectivity index (χ0n) is 12.1. The van der Waals surface area contributed by atoms with E-state index in [2.05, 4.69) is 12.2 Å². The van der Waals surface area contributed by atoms with Crippen molar-refractivity contribution in [3.63, 3.8) is 0 Å². The Bertz CT molecular complexity index is 576. The van der Waals surface area contributed by atoms with Crippen LogP contribution in [0.3, 0.4) is 0 Å². The molecule has 0 radical (unpaired) electrons. The van der Waals surface area contributed by atoms with Crippen molar-refractivity contribution in [1.29, 1.82) is 0 Å². The topological polar surface area (TPSA) is 49.4 Å². The first-order valence-electron chi connectivity index (χ1n) is 6.94.